The van der Waals surface area contributed by atoms with E-state index >= 15 is 0 Å². The SMILES string of the molecule is CN1CCC[C@H]1C(=O)N[C@H](Cc1ccccc1Cl)C(=O)N1CCC(c2ccccc2NS(C)(=O)=O)CC1. The number of halogens is 1. The molecule has 2 heterocycles. The molecule has 2 N–H and O–H groups in total. The van der Waals surface area contributed by atoms with Gasteiger partial charge in [-0.25, -0.2) is 8.42 Å². The lowest BCUT2D eigenvalue weighted by atomic mass is 9.88. The van der Waals surface area contributed by atoms with E-state index in [9.17, 15) is 18.0 Å². The average Bonchev–Trinajstić information content (AvgIpc) is 3.30. The minimum atomic E-state index is -3.40. The highest BCUT2D eigenvalue weighted by Gasteiger charge is 2.34. The second-order valence-electron chi connectivity index (χ2n) is 10.1. The van der Waals surface area contributed by atoms with Crippen LogP contribution in [0.1, 0.15) is 42.7 Å². The number of carbonyl (C=O) groups excluding carboxylic acids is 2. The number of rotatable bonds is 8. The van der Waals surface area contributed by atoms with Crippen LogP contribution < -0.4 is 10.0 Å². The number of anilines is 1. The third-order valence-corrected chi connectivity index (χ3v) is 8.28. The Morgan fingerprint density at radius 1 is 1.03 bits per heavy atom. The summed E-state index contributed by atoms with van der Waals surface area (Å²) in [4.78, 5) is 30.6. The van der Waals surface area contributed by atoms with Crippen molar-refractivity contribution in [2.24, 2.45) is 0 Å². The van der Waals surface area contributed by atoms with Gasteiger partial charge in [-0.15, -0.1) is 0 Å². The number of likely N-dealkylation sites (N-methyl/N-ethyl adjacent to an activating group) is 1. The summed E-state index contributed by atoms with van der Waals surface area (Å²) in [6, 6.07) is 13.9. The predicted molar refractivity (Wildman–Crippen MR) is 146 cm³/mol. The second-order valence-corrected chi connectivity index (χ2v) is 12.2. The number of sulfonamides is 1. The smallest absolute Gasteiger partial charge is 0.245 e. The zero-order chi connectivity index (χ0) is 26.6. The molecule has 8 nitrogen and oxygen atoms in total. The number of nitrogens with zero attached hydrogens (tertiary/aromatic N) is 2. The number of piperidine rings is 1. The van der Waals surface area contributed by atoms with E-state index in [1.54, 1.807) is 18.2 Å². The van der Waals surface area contributed by atoms with Crippen molar-refractivity contribution in [1.29, 1.82) is 0 Å². The van der Waals surface area contributed by atoms with Crippen LogP contribution >= 0.6 is 11.6 Å². The zero-order valence-corrected chi connectivity index (χ0v) is 22.9. The molecule has 0 radical (unpaired) electrons. The van der Waals surface area contributed by atoms with E-state index in [4.69, 9.17) is 11.6 Å². The molecule has 37 heavy (non-hydrogen) atoms. The van der Waals surface area contributed by atoms with Crippen LogP contribution in [0.15, 0.2) is 48.5 Å². The third-order valence-electron chi connectivity index (χ3n) is 7.32. The maximum atomic E-state index is 13.7. The number of amides is 2. The minimum absolute atomic E-state index is 0.116. The fourth-order valence-electron chi connectivity index (χ4n) is 5.37. The fourth-order valence-corrected chi connectivity index (χ4v) is 6.17. The van der Waals surface area contributed by atoms with Crippen molar-refractivity contribution in [1.82, 2.24) is 15.1 Å². The standard InChI is InChI=1S/C27H35ClN4O4S/c1-31-15-7-12-25(31)26(33)29-24(18-20-8-3-5-10-22(20)28)27(34)32-16-13-19(14-17-32)21-9-4-6-11-23(21)30-37(2,35)36/h3-6,8-11,19,24-25,30H,7,12-18H2,1-2H3,(H,29,33)/t24-,25+/m1/s1. The van der Waals surface area contributed by atoms with Crippen LogP contribution in [0.4, 0.5) is 5.69 Å². The molecule has 2 amide bonds. The molecule has 2 aromatic rings. The molecule has 0 saturated carbocycles. The summed E-state index contributed by atoms with van der Waals surface area (Å²) in [5.41, 5.74) is 2.34. The van der Waals surface area contributed by atoms with Crippen LogP contribution in [0.3, 0.4) is 0 Å². The quantitative estimate of drug-likeness (QED) is 0.529. The third kappa shape index (κ3) is 7.03. The van der Waals surface area contributed by atoms with E-state index in [0.717, 1.165) is 36.8 Å². The summed E-state index contributed by atoms with van der Waals surface area (Å²) in [5.74, 6) is -0.116. The molecule has 0 aromatic heterocycles. The van der Waals surface area contributed by atoms with Gasteiger partial charge in [0.2, 0.25) is 21.8 Å². The Bertz CT molecular complexity index is 1230. The Balaban J connectivity index is 1.47. The molecular weight excluding hydrogens is 512 g/mol. The maximum absolute atomic E-state index is 13.7. The molecule has 2 aromatic carbocycles. The minimum Gasteiger partial charge on any atom is -0.343 e. The Morgan fingerprint density at radius 2 is 1.70 bits per heavy atom. The lowest BCUT2D eigenvalue weighted by Gasteiger charge is -2.35. The number of benzene rings is 2. The van der Waals surface area contributed by atoms with Gasteiger partial charge in [0.1, 0.15) is 6.04 Å². The van der Waals surface area contributed by atoms with Crippen molar-refractivity contribution >= 4 is 39.1 Å². The Kier molecular flexibility index (Phi) is 8.77. The summed E-state index contributed by atoms with van der Waals surface area (Å²) < 4.78 is 26.2. The summed E-state index contributed by atoms with van der Waals surface area (Å²) >= 11 is 6.40. The molecular formula is C27H35ClN4O4S. The van der Waals surface area contributed by atoms with Crippen LogP contribution in [0, 0.1) is 0 Å². The van der Waals surface area contributed by atoms with Gasteiger partial charge in [0.05, 0.1) is 18.0 Å². The predicted octanol–water partition coefficient (Wildman–Crippen LogP) is 3.24. The highest BCUT2D eigenvalue weighted by molar-refractivity contribution is 7.92. The molecule has 2 atom stereocenters. The number of likely N-dealkylation sites (tertiary alicyclic amines) is 2. The number of nitrogens with one attached hydrogen (secondary N) is 2. The maximum Gasteiger partial charge on any atom is 0.245 e. The first kappa shape index (κ1) is 27.4. The molecule has 2 fully saturated rings. The van der Waals surface area contributed by atoms with Crippen molar-refractivity contribution in [3.8, 4) is 0 Å². The van der Waals surface area contributed by atoms with Crippen LogP contribution in [0.5, 0.6) is 0 Å². The molecule has 200 valence electrons. The lowest BCUT2D eigenvalue weighted by Crippen LogP contribution is -2.54. The van der Waals surface area contributed by atoms with Gasteiger partial charge in [0.15, 0.2) is 0 Å². The summed E-state index contributed by atoms with van der Waals surface area (Å²) in [6.45, 7) is 1.91. The zero-order valence-electron chi connectivity index (χ0n) is 21.3. The Morgan fingerprint density at radius 3 is 2.35 bits per heavy atom. The van der Waals surface area contributed by atoms with Gasteiger partial charge in [-0.2, -0.15) is 0 Å². The van der Waals surface area contributed by atoms with Gasteiger partial charge < -0.3 is 10.2 Å². The molecule has 0 aliphatic carbocycles. The highest BCUT2D eigenvalue weighted by atomic mass is 35.5. The summed E-state index contributed by atoms with van der Waals surface area (Å²) in [5, 5.41) is 3.60. The normalized spacial score (nSPS) is 20.0. The molecule has 2 saturated heterocycles. The van der Waals surface area contributed by atoms with Crippen LogP contribution in [0.25, 0.3) is 0 Å². The first-order valence-corrected chi connectivity index (χ1v) is 15.0. The largest absolute Gasteiger partial charge is 0.343 e. The first-order chi connectivity index (χ1) is 17.6. The topological polar surface area (TPSA) is 98.8 Å². The number of hydrogen-bond acceptors (Lipinski definition) is 5. The number of carbonyl (C=O) groups is 2. The first-order valence-electron chi connectivity index (χ1n) is 12.7. The monoisotopic (exact) mass is 546 g/mol. The lowest BCUT2D eigenvalue weighted by molar-refractivity contribution is -0.138. The van der Waals surface area contributed by atoms with E-state index in [2.05, 4.69) is 10.0 Å². The molecule has 0 spiro atoms. The second kappa shape index (κ2) is 11.8. The van der Waals surface area contributed by atoms with Gasteiger partial charge in [0, 0.05) is 24.5 Å². The van der Waals surface area contributed by atoms with Crippen molar-refractivity contribution in [3.05, 3.63) is 64.7 Å². The molecule has 2 aliphatic rings. The summed E-state index contributed by atoms with van der Waals surface area (Å²) in [6.07, 6.45) is 4.60. The van der Waals surface area contributed by atoms with Gasteiger partial charge in [0.25, 0.3) is 0 Å². The van der Waals surface area contributed by atoms with E-state index in [0.29, 0.717) is 43.1 Å². The van der Waals surface area contributed by atoms with Crippen LogP contribution in [-0.4, -0.2) is 75.1 Å². The van der Waals surface area contributed by atoms with E-state index in [-0.39, 0.29) is 23.8 Å². The van der Waals surface area contributed by atoms with Gasteiger partial charge in [-0.3, -0.25) is 19.2 Å². The molecule has 0 bridgehead atoms. The van der Waals surface area contributed by atoms with E-state index < -0.39 is 16.1 Å². The molecule has 2 aliphatic heterocycles. The highest BCUT2D eigenvalue weighted by Crippen LogP contribution is 2.33. The molecule has 10 heteroatoms. The Hall–Kier alpha value is -2.62. The van der Waals surface area contributed by atoms with Crippen molar-refractivity contribution < 1.29 is 18.0 Å². The fraction of sp³-hybridized carbons (Fsp3) is 0.481. The molecule has 4 rings (SSSR count). The van der Waals surface area contributed by atoms with Crippen molar-refractivity contribution in [3.63, 3.8) is 0 Å². The number of para-hydroxylation sites is 1. The van der Waals surface area contributed by atoms with Gasteiger partial charge in [-0.1, -0.05) is 48.0 Å². The molecule has 0 unspecified atom stereocenters. The van der Waals surface area contributed by atoms with Crippen molar-refractivity contribution in [2.45, 2.75) is 50.1 Å². The van der Waals surface area contributed by atoms with Crippen molar-refractivity contribution in [2.75, 3.05) is 37.7 Å². The van der Waals surface area contributed by atoms with E-state index in [1.165, 1.54) is 0 Å². The van der Waals surface area contributed by atoms with Crippen LogP contribution in [0.2, 0.25) is 5.02 Å². The number of hydrogen-bond donors (Lipinski definition) is 2. The average molecular weight is 547 g/mol. The van der Waals surface area contributed by atoms with Crippen LogP contribution in [-0.2, 0) is 26.0 Å². The van der Waals surface area contributed by atoms with Gasteiger partial charge >= 0.3 is 0 Å². The summed E-state index contributed by atoms with van der Waals surface area (Å²) in [7, 11) is -1.46. The van der Waals surface area contributed by atoms with E-state index in [1.807, 2.05) is 47.2 Å². The van der Waals surface area contributed by atoms with Gasteiger partial charge in [-0.05, 0) is 68.5 Å². The Labute approximate surface area is 224 Å².